The molecule has 1 N–H and O–H groups in total. The fraction of sp³-hybridized carbons (Fsp3) is 0.222. The number of rotatable bonds is 5. The summed E-state index contributed by atoms with van der Waals surface area (Å²) in [5.74, 6) is 0.419. The van der Waals surface area contributed by atoms with Gasteiger partial charge in [0.05, 0.1) is 12.1 Å². The van der Waals surface area contributed by atoms with Crippen molar-refractivity contribution in [1.29, 1.82) is 0 Å². The van der Waals surface area contributed by atoms with Crippen LogP contribution in [0.4, 0.5) is 11.8 Å². The van der Waals surface area contributed by atoms with Crippen LogP contribution in [0, 0.1) is 0 Å². The maximum atomic E-state index is 11.8. The first-order valence-corrected chi connectivity index (χ1v) is 8.29. The number of nitrogens with zero attached hydrogens (tertiary/aromatic N) is 4. The van der Waals surface area contributed by atoms with Gasteiger partial charge in [-0.3, -0.25) is 0 Å². The normalized spacial score (nSPS) is 10.6. The monoisotopic (exact) mass is 371 g/mol. The number of hydrogen-bond acceptors (Lipinski definition) is 7. The molecule has 0 fully saturated rings. The van der Waals surface area contributed by atoms with Crippen LogP contribution in [0.5, 0.6) is 0 Å². The number of aromatic nitrogens is 3. The highest BCUT2D eigenvalue weighted by molar-refractivity contribution is 6.35. The zero-order valence-corrected chi connectivity index (χ0v) is 15.4. The van der Waals surface area contributed by atoms with Crippen molar-refractivity contribution >= 4 is 40.4 Å². The number of pyridine rings is 1. The third-order valence-corrected chi connectivity index (χ3v) is 3.99. The van der Waals surface area contributed by atoms with E-state index in [1.807, 2.05) is 44.4 Å². The van der Waals surface area contributed by atoms with E-state index >= 15 is 0 Å². The summed E-state index contributed by atoms with van der Waals surface area (Å²) in [6, 6.07) is 11.4. The molecular weight excluding hydrogens is 354 g/mol. The zero-order valence-electron chi connectivity index (χ0n) is 14.7. The predicted octanol–water partition coefficient (Wildman–Crippen LogP) is 3.14. The molecule has 8 heteroatoms. The molecule has 134 valence electrons. The van der Waals surface area contributed by atoms with Crippen LogP contribution in [-0.4, -0.2) is 42.1 Å². The lowest BCUT2D eigenvalue weighted by Gasteiger charge is -2.16. The van der Waals surface area contributed by atoms with Crippen LogP contribution < -0.4 is 10.2 Å². The molecule has 0 atom stereocenters. The van der Waals surface area contributed by atoms with Gasteiger partial charge in [0.25, 0.3) is 0 Å². The Hall–Kier alpha value is -2.93. The number of carbonyl (C=O) groups is 1. The fourth-order valence-electron chi connectivity index (χ4n) is 2.43. The van der Waals surface area contributed by atoms with Crippen molar-refractivity contribution in [3.63, 3.8) is 0 Å². The molecular formula is C18H18ClN5O2. The highest BCUT2D eigenvalue weighted by Crippen LogP contribution is 2.28. The minimum absolute atomic E-state index is 0.113. The minimum Gasteiger partial charge on any atom is -0.464 e. The van der Waals surface area contributed by atoms with Gasteiger partial charge in [0.2, 0.25) is 5.95 Å². The maximum Gasteiger partial charge on any atom is 0.356 e. The van der Waals surface area contributed by atoms with Gasteiger partial charge in [-0.2, -0.15) is 4.98 Å². The van der Waals surface area contributed by atoms with Crippen molar-refractivity contribution < 1.29 is 9.53 Å². The van der Waals surface area contributed by atoms with Crippen molar-refractivity contribution in [2.24, 2.45) is 0 Å². The van der Waals surface area contributed by atoms with Crippen LogP contribution in [-0.2, 0) is 11.3 Å². The first-order chi connectivity index (χ1) is 12.5. The molecule has 0 saturated heterocycles. The van der Waals surface area contributed by atoms with E-state index in [-0.39, 0.29) is 5.69 Å². The summed E-state index contributed by atoms with van der Waals surface area (Å²) in [5.41, 5.74) is 2.12. The van der Waals surface area contributed by atoms with Crippen LogP contribution in [0.25, 0.3) is 11.0 Å². The number of benzene rings is 1. The third-order valence-electron chi connectivity index (χ3n) is 3.70. The molecule has 0 radical (unpaired) electrons. The minimum atomic E-state index is -0.565. The molecule has 3 aromatic rings. The number of ether oxygens (including phenoxy) is 1. The summed E-state index contributed by atoms with van der Waals surface area (Å²) in [7, 11) is 4.97. The summed E-state index contributed by atoms with van der Waals surface area (Å²) in [6.07, 6.45) is 0. The summed E-state index contributed by atoms with van der Waals surface area (Å²) in [6.45, 7) is 0.574. The predicted molar refractivity (Wildman–Crippen MR) is 102 cm³/mol. The maximum absolute atomic E-state index is 11.8. The SMILES string of the molecule is COC(=O)c1cc(Cl)c2nc(NCc3ccccc3)nc(N(C)C)c2n1. The van der Waals surface area contributed by atoms with Gasteiger partial charge in [0, 0.05) is 20.6 Å². The molecule has 0 bridgehead atoms. The highest BCUT2D eigenvalue weighted by Gasteiger charge is 2.18. The van der Waals surface area contributed by atoms with E-state index in [1.54, 1.807) is 4.90 Å². The first-order valence-electron chi connectivity index (χ1n) is 7.91. The van der Waals surface area contributed by atoms with Crippen LogP contribution in [0.1, 0.15) is 16.1 Å². The lowest BCUT2D eigenvalue weighted by molar-refractivity contribution is 0.0594. The summed E-state index contributed by atoms with van der Waals surface area (Å²) >= 11 is 6.34. The Morgan fingerprint density at radius 2 is 1.88 bits per heavy atom. The largest absolute Gasteiger partial charge is 0.464 e. The Morgan fingerprint density at radius 3 is 2.54 bits per heavy atom. The molecule has 7 nitrogen and oxygen atoms in total. The molecule has 0 amide bonds. The molecule has 0 aliphatic carbocycles. The number of fused-ring (bicyclic) bond motifs is 1. The molecule has 0 saturated carbocycles. The molecule has 26 heavy (non-hydrogen) atoms. The Kier molecular flexibility index (Phi) is 5.18. The quantitative estimate of drug-likeness (QED) is 0.690. The molecule has 0 unspecified atom stereocenters. The standard InChI is InChI=1S/C18H18ClN5O2/c1-24(2)16-15-14(12(19)9-13(21-15)17(25)26-3)22-18(23-16)20-10-11-7-5-4-6-8-11/h4-9H,10H2,1-3H3,(H,20,22,23). The topological polar surface area (TPSA) is 80.2 Å². The molecule has 0 aliphatic rings. The van der Waals surface area contributed by atoms with Crippen molar-refractivity contribution in [3.8, 4) is 0 Å². The molecule has 2 aromatic heterocycles. The van der Waals surface area contributed by atoms with E-state index in [9.17, 15) is 4.79 Å². The number of anilines is 2. The van der Waals surface area contributed by atoms with Gasteiger partial charge in [0.1, 0.15) is 11.0 Å². The molecule has 0 aliphatic heterocycles. The van der Waals surface area contributed by atoms with Gasteiger partial charge >= 0.3 is 5.97 Å². The van der Waals surface area contributed by atoms with Gasteiger partial charge in [-0.05, 0) is 11.6 Å². The van der Waals surface area contributed by atoms with Gasteiger partial charge in [0.15, 0.2) is 11.5 Å². The number of hydrogen-bond donors (Lipinski definition) is 1. The number of nitrogens with one attached hydrogen (secondary N) is 1. The van der Waals surface area contributed by atoms with E-state index in [1.165, 1.54) is 13.2 Å². The smallest absolute Gasteiger partial charge is 0.356 e. The second-order valence-corrected chi connectivity index (χ2v) is 6.19. The van der Waals surface area contributed by atoms with Crippen molar-refractivity contribution in [2.45, 2.75) is 6.54 Å². The van der Waals surface area contributed by atoms with E-state index in [0.29, 0.717) is 34.4 Å². The van der Waals surface area contributed by atoms with E-state index in [4.69, 9.17) is 16.3 Å². The lowest BCUT2D eigenvalue weighted by Crippen LogP contribution is -2.15. The molecule has 1 aromatic carbocycles. The van der Waals surface area contributed by atoms with Crippen molar-refractivity contribution in [3.05, 3.63) is 52.7 Å². The molecule has 3 rings (SSSR count). The second-order valence-electron chi connectivity index (χ2n) is 5.78. The van der Waals surface area contributed by atoms with Gasteiger partial charge in [-0.1, -0.05) is 41.9 Å². The number of halogens is 1. The fourth-order valence-corrected chi connectivity index (χ4v) is 2.67. The van der Waals surface area contributed by atoms with Crippen molar-refractivity contribution in [1.82, 2.24) is 15.0 Å². The Morgan fingerprint density at radius 1 is 1.15 bits per heavy atom. The Labute approximate surface area is 156 Å². The summed E-state index contributed by atoms with van der Waals surface area (Å²) < 4.78 is 4.72. The van der Waals surface area contributed by atoms with Crippen LogP contribution >= 0.6 is 11.6 Å². The van der Waals surface area contributed by atoms with E-state index in [0.717, 1.165) is 5.56 Å². The summed E-state index contributed by atoms with van der Waals surface area (Å²) in [4.78, 5) is 26.9. The van der Waals surface area contributed by atoms with Crippen molar-refractivity contribution in [2.75, 3.05) is 31.4 Å². The first kappa shape index (κ1) is 17.9. The van der Waals surface area contributed by atoms with Gasteiger partial charge < -0.3 is 15.0 Å². The number of esters is 1. The number of carbonyl (C=O) groups excluding carboxylic acids is 1. The average molecular weight is 372 g/mol. The Bertz CT molecular complexity index is 947. The molecule has 2 heterocycles. The van der Waals surface area contributed by atoms with Gasteiger partial charge in [-0.25, -0.2) is 14.8 Å². The molecule has 0 spiro atoms. The highest BCUT2D eigenvalue weighted by atomic mass is 35.5. The third kappa shape index (κ3) is 3.67. The van der Waals surface area contributed by atoms with E-state index in [2.05, 4.69) is 20.3 Å². The lowest BCUT2D eigenvalue weighted by atomic mass is 10.2. The van der Waals surface area contributed by atoms with E-state index < -0.39 is 5.97 Å². The van der Waals surface area contributed by atoms with Crippen LogP contribution in [0.15, 0.2) is 36.4 Å². The van der Waals surface area contributed by atoms with Crippen LogP contribution in [0.3, 0.4) is 0 Å². The Balaban J connectivity index is 2.04. The zero-order chi connectivity index (χ0) is 18.7. The average Bonchev–Trinajstić information content (AvgIpc) is 2.66. The van der Waals surface area contributed by atoms with Gasteiger partial charge in [-0.15, -0.1) is 0 Å². The second kappa shape index (κ2) is 7.53. The van der Waals surface area contributed by atoms with Crippen LogP contribution in [0.2, 0.25) is 5.02 Å². The summed E-state index contributed by atoms with van der Waals surface area (Å²) in [5, 5.41) is 3.51. The number of methoxy groups -OCH3 is 1.